The Bertz CT molecular complexity index is 709. The summed E-state index contributed by atoms with van der Waals surface area (Å²) in [7, 11) is 0. The summed E-state index contributed by atoms with van der Waals surface area (Å²) in [6.07, 6.45) is 3.20. The Morgan fingerprint density at radius 3 is 2.56 bits per heavy atom. The van der Waals surface area contributed by atoms with Crippen molar-refractivity contribution in [2.75, 3.05) is 11.1 Å². The molecule has 1 aliphatic carbocycles. The lowest BCUT2D eigenvalue weighted by Crippen LogP contribution is -2.34. The largest absolute Gasteiger partial charge is 0.488 e. The summed E-state index contributed by atoms with van der Waals surface area (Å²) in [4.78, 5) is 16.1. The SMILES string of the molecule is Cl.Nc1cccc(C(=O)Nc2ccc(OC3CCCCC3O)cc2)n1. The van der Waals surface area contributed by atoms with Crippen molar-refractivity contribution >= 4 is 29.8 Å². The second kappa shape index (κ2) is 8.69. The van der Waals surface area contributed by atoms with E-state index in [1.54, 1.807) is 42.5 Å². The van der Waals surface area contributed by atoms with Gasteiger partial charge >= 0.3 is 0 Å². The molecule has 2 aromatic rings. The maximum Gasteiger partial charge on any atom is 0.274 e. The van der Waals surface area contributed by atoms with Crippen LogP contribution in [0, 0.1) is 0 Å². The van der Waals surface area contributed by atoms with Crippen LogP contribution in [0.4, 0.5) is 11.5 Å². The van der Waals surface area contributed by atoms with Crippen molar-refractivity contribution in [3.8, 4) is 5.75 Å². The minimum atomic E-state index is -0.409. The molecule has 0 saturated heterocycles. The maximum absolute atomic E-state index is 12.1. The van der Waals surface area contributed by atoms with Crippen molar-refractivity contribution in [2.24, 2.45) is 0 Å². The molecule has 1 saturated carbocycles. The number of rotatable bonds is 4. The standard InChI is InChI=1S/C18H21N3O3.ClH/c19-17-7-3-4-14(21-17)18(23)20-12-8-10-13(11-9-12)24-16-6-2-1-5-15(16)22;/h3-4,7-11,15-16,22H,1-2,5-6H2,(H2,19,21)(H,20,23);1H. The van der Waals surface area contributed by atoms with Crippen LogP contribution < -0.4 is 15.8 Å². The van der Waals surface area contributed by atoms with E-state index in [2.05, 4.69) is 10.3 Å². The highest BCUT2D eigenvalue weighted by Gasteiger charge is 2.24. The first-order valence-electron chi connectivity index (χ1n) is 8.10. The monoisotopic (exact) mass is 363 g/mol. The second-order valence-corrected chi connectivity index (χ2v) is 5.93. The van der Waals surface area contributed by atoms with Gasteiger partial charge in [0.2, 0.25) is 0 Å². The molecular formula is C18H22ClN3O3. The van der Waals surface area contributed by atoms with E-state index in [4.69, 9.17) is 10.5 Å². The maximum atomic E-state index is 12.1. The van der Waals surface area contributed by atoms with Crippen molar-refractivity contribution in [3.63, 3.8) is 0 Å². The van der Waals surface area contributed by atoms with E-state index in [-0.39, 0.29) is 30.1 Å². The van der Waals surface area contributed by atoms with Gasteiger partial charge in [0.05, 0.1) is 6.10 Å². The number of aliphatic hydroxyl groups is 1. The van der Waals surface area contributed by atoms with Crippen LogP contribution in [0.2, 0.25) is 0 Å². The van der Waals surface area contributed by atoms with Gasteiger partial charge in [-0.1, -0.05) is 12.5 Å². The van der Waals surface area contributed by atoms with Crippen molar-refractivity contribution in [1.29, 1.82) is 0 Å². The average molecular weight is 364 g/mol. The van der Waals surface area contributed by atoms with Gasteiger partial charge in [0.25, 0.3) is 5.91 Å². The zero-order valence-corrected chi connectivity index (χ0v) is 14.5. The summed E-state index contributed by atoms with van der Waals surface area (Å²) in [6.45, 7) is 0. The fraction of sp³-hybridized carbons (Fsp3) is 0.333. The zero-order chi connectivity index (χ0) is 16.9. The Hall–Kier alpha value is -2.31. The lowest BCUT2D eigenvalue weighted by Gasteiger charge is -2.28. The van der Waals surface area contributed by atoms with E-state index in [1.807, 2.05) is 0 Å². The highest BCUT2D eigenvalue weighted by molar-refractivity contribution is 6.03. The van der Waals surface area contributed by atoms with E-state index in [0.29, 0.717) is 17.3 Å². The molecule has 7 heteroatoms. The number of carbonyl (C=O) groups is 1. The van der Waals surface area contributed by atoms with Gasteiger partial charge < -0.3 is 20.9 Å². The topological polar surface area (TPSA) is 97.5 Å². The smallest absolute Gasteiger partial charge is 0.274 e. The van der Waals surface area contributed by atoms with Crippen LogP contribution in [0.1, 0.15) is 36.2 Å². The number of carbonyl (C=O) groups excluding carboxylic acids is 1. The summed E-state index contributed by atoms with van der Waals surface area (Å²) < 4.78 is 5.84. The van der Waals surface area contributed by atoms with Crippen molar-refractivity contribution < 1.29 is 14.6 Å². The Labute approximate surface area is 152 Å². The van der Waals surface area contributed by atoms with Gasteiger partial charge in [0, 0.05) is 5.69 Å². The zero-order valence-electron chi connectivity index (χ0n) is 13.7. The van der Waals surface area contributed by atoms with Crippen LogP contribution in [-0.4, -0.2) is 28.2 Å². The molecule has 3 rings (SSSR count). The molecule has 1 aromatic heterocycles. The average Bonchev–Trinajstić information content (AvgIpc) is 2.58. The Balaban J connectivity index is 0.00000225. The summed E-state index contributed by atoms with van der Waals surface area (Å²) >= 11 is 0. The minimum Gasteiger partial charge on any atom is -0.488 e. The number of anilines is 2. The molecule has 0 spiro atoms. The molecule has 1 amide bonds. The highest BCUT2D eigenvalue weighted by Crippen LogP contribution is 2.25. The van der Waals surface area contributed by atoms with Gasteiger partial charge in [0.15, 0.2) is 0 Å². The predicted molar refractivity (Wildman–Crippen MR) is 99.2 cm³/mol. The van der Waals surface area contributed by atoms with Crippen LogP contribution in [0.25, 0.3) is 0 Å². The molecule has 6 nitrogen and oxygen atoms in total. The summed E-state index contributed by atoms with van der Waals surface area (Å²) in [5, 5.41) is 12.7. The van der Waals surface area contributed by atoms with Crippen molar-refractivity contribution in [3.05, 3.63) is 48.2 Å². The van der Waals surface area contributed by atoms with Gasteiger partial charge in [-0.2, -0.15) is 0 Å². The van der Waals surface area contributed by atoms with E-state index < -0.39 is 6.10 Å². The minimum absolute atomic E-state index is 0. The Kier molecular flexibility index (Phi) is 6.61. The number of aromatic nitrogens is 1. The van der Waals surface area contributed by atoms with Crippen LogP contribution in [-0.2, 0) is 0 Å². The molecule has 0 bridgehead atoms. The molecule has 134 valence electrons. The van der Waals surface area contributed by atoms with Gasteiger partial charge in [-0.3, -0.25) is 4.79 Å². The number of nitrogens with one attached hydrogen (secondary N) is 1. The predicted octanol–water partition coefficient (Wildman–Crippen LogP) is 3.02. The first-order valence-corrected chi connectivity index (χ1v) is 8.10. The fourth-order valence-corrected chi connectivity index (χ4v) is 2.78. The van der Waals surface area contributed by atoms with Gasteiger partial charge in [-0.05, 0) is 55.7 Å². The van der Waals surface area contributed by atoms with Crippen LogP contribution in [0.5, 0.6) is 5.75 Å². The molecule has 1 aliphatic rings. The van der Waals surface area contributed by atoms with E-state index in [0.717, 1.165) is 25.7 Å². The Morgan fingerprint density at radius 2 is 1.88 bits per heavy atom. The third-order valence-corrected chi connectivity index (χ3v) is 4.07. The quantitative estimate of drug-likeness (QED) is 0.775. The number of amides is 1. The number of nitrogens with two attached hydrogens (primary N) is 1. The molecule has 2 unspecified atom stereocenters. The number of pyridine rings is 1. The number of ether oxygens (including phenoxy) is 1. The van der Waals surface area contributed by atoms with Crippen molar-refractivity contribution in [1.82, 2.24) is 4.98 Å². The number of hydrogen-bond acceptors (Lipinski definition) is 5. The summed E-state index contributed by atoms with van der Waals surface area (Å²) in [6, 6.07) is 12.0. The van der Waals surface area contributed by atoms with Gasteiger partial charge in [-0.25, -0.2) is 4.98 Å². The Morgan fingerprint density at radius 1 is 1.16 bits per heavy atom. The van der Waals surface area contributed by atoms with E-state index in [9.17, 15) is 9.90 Å². The highest BCUT2D eigenvalue weighted by atomic mass is 35.5. The molecule has 4 N–H and O–H groups in total. The number of nitrogens with zero attached hydrogens (tertiary/aromatic N) is 1. The van der Waals surface area contributed by atoms with E-state index in [1.165, 1.54) is 0 Å². The van der Waals surface area contributed by atoms with Crippen LogP contribution in [0.15, 0.2) is 42.5 Å². The number of nitrogen functional groups attached to an aromatic ring is 1. The van der Waals surface area contributed by atoms with Gasteiger partial charge in [0.1, 0.15) is 23.4 Å². The number of halogens is 1. The second-order valence-electron chi connectivity index (χ2n) is 5.93. The molecule has 0 radical (unpaired) electrons. The molecule has 25 heavy (non-hydrogen) atoms. The normalized spacial score (nSPS) is 19.6. The fourth-order valence-electron chi connectivity index (χ4n) is 2.78. The lowest BCUT2D eigenvalue weighted by molar-refractivity contribution is 0.00688. The van der Waals surface area contributed by atoms with Crippen LogP contribution >= 0.6 is 12.4 Å². The summed E-state index contributed by atoms with van der Waals surface area (Å²) in [5.41, 5.74) is 6.49. The molecule has 0 aliphatic heterocycles. The molecule has 1 heterocycles. The molecular weight excluding hydrogens is 342 g/mol. The van der Waals surface area contributed by atoms with Crippen molar-refractivity contribution in [2.45, 2.75) is 37.9 Å². The number of aliphatic hydroxyl groups excluding tert-OH is 1. The third kappa shape index (κ3) is 5.08. The molecule has 1 fully saturated rings. The van der Waals surface area contributed by atoms with E-state index >= 15 is 0 Å². The number of hydrogen-bond donors (Lipinski definition) is 3. The lowest BCUT2D eigenvalue weighted by atomic mass is 9.95. The first kappa shape index (κ1) is 19.0. The first-order chi connectivity index (χ1) is 11.6. The van der Waals surface area contributed by atoms with Crippen LogP contribution in [0.3, 0.4) is 0 Å². The molecule has 1 aromatic carbocycles. The number of benzene rings is 1. The summed E-state index contributed by atoms with van der Waals surface area (Å²) in [5.74, 6) is 0.664. The van der Waals surface area contributed by atoms with Gasteiger partial charge in [-0.15, -0.1) is 12.4 Å². The molecule has 2 atom stereocenters. The third-order valence-electron chi connectivity index (χ3n) is 4.07.